The summed E-state index contributed by atoms with van der Waals surface area (Å²) < 4.78 is 0. The molecule has 0 fully saturated rings. The van der Waals surface area contributed by atoms with Crippen molar-refractivity contribution in [2.45, 2.75) is 19.4 Å². The van der Waals surface area contributed by atoms with Crippen LogP contribution in [0.5, 0.6) is 0 Å². The summed E-state index contributed by atoms with van der Waals surface area (Å²) in [6, 6.07) is 24.2. The van der Waals surface area contributed by atoms with Crippen molar-refractivity contribution >= 4 is 16.8 Å². The number of benzene rings is 3. The predicted octanol–water partition coefficient (Wildman–Crippen LogP) is 4.15. The lowest BCUT2D eigenvalue weighted by Crippen LogP contribution is -2.43. The minimum absolute atomic E-state index is 0.0490. The van der Waals surface area contributed by atoms with Gasteiger partial charge in [0, 0.05) is 13.1 Å². The zero-order valence-electron chi connectivity index (χ0n) is 15.6. The number of carbonyl (C=O) groups is 1. The lowest BCUT2D eigenvalue weighted by Gasteiger charge is -2.25. The third kappa shape index (κ3) is 5.08. The summed E-state index contributed by atoms with van der Waals surface area (Å²) in [5.41, 5.74) is 2.24. The van der Waals surface area contributed by atoms with Gasteiger partial charge in [0.1, 0.15) is 0 Å². The number of urea groups is 1. The molecule has 27 heavy (non-hydrogen) atoms. The Hall–Kier alpha value is -2.85. The SMILES string of the molecule is CC(NC(=O)N(CCO)CCc1ccccc1)c1ccc2ccccc2c1. The van der Waals surface area contributed by atoms with Crippen LogP contribution in [0.1, 0.15) is 24.1 Å². The molecule has 140 valence electrons. The van der Waals surface area contributed by atoms with Gasteiger partial charge < -0.3 is 15.3 Å². The van der Waals surface area contributed by atoms with Crippen LogP contribution in [0.25, 0.3) is 10.8 Å². The highest BCUT2D eigenvalue weighted by molar-refractivity contribution is 5.83. The first kappa shape index (κ1) is 18.9. The highest BCUT2D eigenvalue weighted by atomic mass is 16.3. The molecule has 0 aliphatic carbocycles. The molecular formula is C23H26N2O2. The number of aliphatic hydroxyl groups excluding tert-OH is 1. The summed E-state index contributed by atoms with van der Waals surface area (Å²) in [6.45, 7) is 2.83. The van der Waals surface area contributed by atoms with E-state index in [0.29, 0.717) is 13.1 Å². The average Bonchev–Trinajstić information content (AvgIpc) is 2.71. The molecule has 1 unspecified atom stereocenters. The molecular weight excluding hydrogens is 336 g/mol. The van der Waals surface area contributed by atoms with Gasteiger partial charge in [-0.3, -0.25) is 0 Å². The van der Waals surface area contributed by atoms with Crippen molar-refractivity contribution in [2.75, 3.05) is 19.7 Å². The number of hydrogen-bond acceptors (Lipinski definition) is 2. The summed E-state index contributed by atoms with van der Waals surface area (Å²) in [7, 11) is 0. The van der Waals surface area contributed by atoms with E-state index in [4.69, 9.17) is 0 Å². The number of rotatable bonds is 7. The van der Waals surface area contributed by atoms with Crippen LogP contribution in [-0.2, 0) is 6.42 Å². The molecule has 0 saturated carbocycles. The number of fused-ring (bicyclic) bond motifs is 1. The third-order valence-electron chi connectivity index (χ3n) is 4.78. The molecule has 0 aliphatic rings. The van der Waals surface area contributed by atoms with Gasteiger partial charge in [0.05, 0.1) is 12.6 Å². The molecule has 0 spiro atoms. The molecule has 3 aromatic rings. The monoisotopic (exact) mass is 362 g/mol. The molecule has 0 saturated heterocycles. The lowest BCUT2D eigenvalue weighted by atomic mass is 10.0. The Bertz CT molecular complexity index is 880. The Labute approximate surface area is 160 Å². The fourth-order valence-electron chi connectivity index (χ4n) is 3.18. The standard InChI is InChI=1S/C23H26N2O2/c1-18(21-12-11-20-9-5-6-10-22(20)17-21)24-23(27)25(15-16-26)14-13-19-7-3-2-4-8-19/h2-12,17-18,26H,13-16H2,1H3,(H,24,27). The Morgan fingerprint density at radius 2 is 1.67 bits per heavy atom. The van der Waals surface area contributed by atoms with Gasteiger partial charge in [-0.25, -0.2) is 4.79 Å². The van der Waals surface area contributed by atoms with Crippen molar-refractivity contribution < 1.29 is 9.90 Å². The van der Waals surface area contributed by atoms with Crippen molar-refractivity contribution in [3.63, 3.8) is 0 Å². The fraction of sp³-hybridized carbons (Fsp3) is 0.261. The molecule has 4 nitrogen and oxygen atoms in total. The van der Waals surface area contributed by atoms with E-state index in [-0.39, 0.29) is 18.7 Å². The maximum atomic E-state index is 12.7. The van der Waals surface area contributed by atoms with Crippen LogP contribution < -0.4 is 5.32 Å². The van der Waals surface area contributed by atoms with Crippen LogP contribution in [0.15, 0.2) is 72.8 Å². The third-order valence-corrected chi connectivity index (χ3v) is 4.78. The highest BCUT2D eigenvalue weighted by Gasteiger charge is 2.16. The van der Waals surface area contributed by atoms with E-state index in [1.807, 2.05) is 55.5 Å². The minimum Gasteiger partial charge on any atom is -0.395 e. The number of hydrogen-bond donors (Lipinski definition) is 2. The smallest absolute Gasteiger partial charge is 0.317 e. The van der Waals surface area contributed by atoms with E-state index >= 15 is 0 Å². The van der Waals surface area contributed by atoms with Crippen LogP contribution >= 0.6 is 0 Å². The Kier molecular flexibility index (Phi) is 6.44. The van der Waals surface area contributed by atoms with Gasteiger partial charge in [-0.05, 0) is 41.3 Å². The average molecular weight is 362 g/mol. The molecule has 2 N–H and O–H groups in total. The normalized spacial score (nSPS) is 11.9. The lowest BCUT2D eigenvalue weighted by molar-refractivity contribution is 0.175. The van der Waals surface area contributed by atoms with Crippen molar-refractivity contribution in [3.8, 4) is 0 Å². The maximum Gasteiger partial charge on any atom is 0.317 e. The summed E-state index contributed by atoms with van der Waals surface area (Å²) in [5, 5.41) is 14.7. The first-order chi connectivity index (χ1) is 13.2. The van der Waals surface area contributed by atoms with Gasteiger partial charge in [-0.15, -0.1) is 0 Å². The molecule has 3 aromatic carbocycles. The van der Waals surface area contributed by atoms with Gasteiger partial charge in [-0.2, -0.15) is 0 Å². The van der Waals surface area contributed by atoms with E-state index in [1.165, 1.54) is 10.9 Å². The second-order valence-corrected chi connectivity index (χ2v) is 6.72. The van der Waals surface area contributed by atoms with E-state index in [1.54, 1.807) is 4.90 Å². The molecule has 0 radical (unpaired) electrons. The number of nitrogens with zero attached hydrogens (tertiary/aromatic N) is 1. The van der Waals surface area contributed by atoms with Gasteiger partial charge in [0.15, 0.2) is 0 Å². The summed E-state index contributed by atoms with van der Waals surface area (Å²) >= 11 is 0. The van der Waals surface area contributed by atoms with Crippen LogP contribution in [-0.4, -0.2) is 35.7 Å². The predicted molar refractivity (Wildman–Crippen MR) is 110 cm³/mol. The van der Waals surface area contributed by atoms with Crippen LogP contribution in [0.3, 0.4) is 0 Å². The molecule has 0 aliphatic heterocycles. The van der Waals surface area contributed by atoms with Crippen LogP contribution in [0.2, 0.25) is 0 Å². The number of nitrogens with one attached hydrogen (secondary N) is 1. The largest absolute Gasteiger partial charge is 0.395 e. The maximum absolute atomic E-state index is 12.7. The Morgan fingerprint density at radius 1 is 0.963 bits per heavy atom. The zero-order chi connectivity index (χ0) is 19.1. The molecule has 1 atom stereocenters. The first-order valence-electron chi connectivity index (χ1n) is 9.36. The molecule has 4 heteroatoms. The highest BCUT2D eigenvalue weighted by Crippen LogP contribution is 2.20. The molecule has 0 heterocycles. The van der Waals surface area contributed by atoms with Gasteiger partial charge >= 0.3 is 6.03 Å². The summed E-state index contributed by atoms with van der Waals surface area (Å²) in [5.74, 6) is 0. The summed E-state index contributed by atoms with van der Waals surface area (Å²) in [6.07, 6.45) is 0.763. The Morgan fingerprint density at radius 3 is 2.41 bits per heavy atom. The number of carbonyl (C=O) groups excluding carboxylic acids is 1. The number of amides is 2. The molecule has 0 aromatic heterocycles. The van der Waals surface area contributed by atoms with E-state index < -0.39 is 0 Å². The van der Waals surface area contributed by atoms with Crippen molar-refractivity contribution in [2.24, 2.45) is 0 Å². The van der Waals surface area contributed by atoms with Gasteiger partial charge in [0.2, 0.25) is 0 Å². The van der Waals surface area contributed by atoms with Crippen molar-refractivity contribution in [1.82, 2.24) is 10.2 Å². The quantitative estimate of drug-likeness (QED) is 0.663. The summed E-state index contributed by atoms with van der Waals surface area (Å²) in [4.78, 5) is 14.4. The van der Waals surface area contributed by atoms with Gasteiger partial charge in [0.25, 0.3) is 0 Å². The van der Waals surface area contributed by atoms with Crippen molar-refractivity contribution in [3.05, 3.63) is 83.9 Å². The molecule has 0 bridgehead atoms. The van der Waals surface area contributed by atoms with Crippen molar-refractivity contribution in [1.29, 1.82) is 0 Å². The topological polar surface area (TPSA) is 52.6 Å². The second kappa shape index (κ2) is 9.19. The van der Waals surface area contributed by atoms with Gasteiger partial charge in [-0.1, -0.05) is 66.7 Å². The van der Waals surface area contributed by atoms with Crippen LogP contribution in [0, 0.1) is 0 Å². The zero-order valence-corrected chi connectivity index (χ0v) is 15.6. The molecule has 2 amide bonds. The second-order valence-electron chi connectivity index (χ2n) is 6.72. The minimum atomic E-state index is -0.152. The fourth-order valence-corrected chi connectivity index (χ4v) is 3.18. The molecule has 3 rings (SSSR count). The first-order valence-corrected chi connectivity index (χ1v) is 9.36. The Balaban J connectivity index is 1.64. The van der Waals surface area contributed by atoms with E-state index in [9.17, 15) is 9.90 Å². The number of aliphatic hydroxyl groups is 1. The van der Waals surface area contributed by atoms with E-state index in [2.05, 4.69) is 29.6 Å². The van der Waals surface area contributed by atoms with E-state index in [0.717, 1.165) is 17.4 Å². The van der Waals surface area contributed by atoms with Crippen LogP contribution in [0.4, 0.5) is 4.79 Å².